The molecule has 1 atom stereocenters. The van der Waals surface area contributed by atoms with Crippen molar-refractivity contribution >= 4 is 70.6 Å². The van der Waals surface area contributed by atoms with Crippen LogP contribution in [-0.4, -0.2) is 102 Å². The van der Waals surface area contributed by atoms with E-state index in [-0.39, 0.29) is 24.3 Å². The molecule has 338 valence electrons. The van der Waals surface area contributed by atoms with E-state index in [4.69, 9.17) is 26.1 Å². The number of carbonyl (C=O) groups excluding carboxylic acids is 3. The van der Waals surface area contributed by atoms with Crippen LogP contribution in [0, 0.1) is 5.41 Å². The first-order valence-corrected chi connectivity index (χ1v) is 25.6. The van der Waals surface area contributed by atoms with Gasteiger partial charge in [-0.25, -0.2) is 4.98 Å². The molecule has 3 amide bonds. The van der Waals surface area contributed by atoms with Gasteiger partial charge >= 0.3 is 0 Å². The normalized spacial score (nSPS) is 23.0. The number of likely N-dealkylation sites (tertiary alicyclic amines) is 1. The van der Waals surface area contributed by atoms with Gasteiger partial charge in [-0.05, 0) is 119 Å². The molecule has 0 radical (unpaired) electrons. The summed E-state index contributed by atoms with van der Waals surface area (Å²) < 4.78 is 25.6. The van der Waals surface area contributed by atoms with Gasteiger partial charge in [0, 0.05) is 60.3 Å². The quantitative estimate of drug-likeness (QED) is 0.0935. The van der Waals surface area contributed by atoms with Crippen LogP contribution < -0.4 is 35.6 Å². The Balaban J connectivity index is 0.793. The molecule has 4 aliphatic heterocycles. The number of hydrogen-bond donors (Lipinski definition) is 3. The highest BCUT2D eigenvalue weighted by Gasteiger charge is 2.45. The van der Waals surface area contributed by atoms with Gasteiger partial charge in [-0.1, -0.05) is 36.7 Å². The Morgan fingerprint density at radius 1 is 0.922 bits per heavy atom. The smallest absolute Gasteiger partial charge is 0.255 e. The SMILES string of the molecule is CCc1cc(Nc2ncc(Cl)c(Nc3ccccc3P(C)(C)=O)n2)c(OC)cc1N1CCC(N2CCC3(CCC(Oc4cccc5c4CN(C4CCC(=O)NC4=O)C5=O)CC3)C2)CC1. The molecule has 1 unspecified atom stereocenters. The lowest BCUT2D eigenvalue weighted by atomic mass is 9.72. The number of ether oxygens (including phenoxy) is 2. The zero-order valence-corrected chi connectivity index (χ0v) is 38.8. The predicted molar refractivity (Wildman–Crippen MR) is 251 cm³/mol. The van der Waals surface area contributed by atoms with E-state index in [0.29, 0.717) is 58.2 Å². The van der Waals surface area contributed by atoms with Crippen LogP contribution in [0.5, 0.6) is 11.5 Å². The molecular formula is C48H58ClN8O6P. The van der Waals surface area contributed by atoms with Gasteiger partial charge in [0.25, 0.3) is 5.91 Å². The number of para-hydroxylation sites is 1. The Hall–Kier alpha value is -5.17. The summed E-state index contributed by atoms with van der Waals surface area (Å²) in [4.78, 5) is 53.7. The maximum absolute atomic E-state index is 13.4. The van der Waals surface area contributed by atoms with Crippen molar-refractivity contribution in [2.45, 2.75) is 95.9 Å². The van der Waals surface area contributed by atoms with Crippen LogP contribution in [0.3, 0.4) is 0 Å². The minimum absolute atomic E-state index is 0.0843. The molecule has 0 bridgehead atoms. The Labute approximate surface area is 380 Å². The summed E-state index contributed by atoms with van der Waals surface area (Å²) in [5.74, 6) is 1.34. The molecule has 5 heterocycles. The number of methoxy groups -OCH3 is 1. The van der Waals surface area contributed by atoms with Gasteiger partial charge in [-0.2, -0.15) is 4.98 Å². The van der Waals surface area contributed by atoms with E-state index in [0.717, 1.165) is 93.4 Å². The number of benzene rings is 3. The predicted octanol–water partition coefficient (Wildman–Crippen LogP) is 7.88. The maximum atomic E-state index is 13.4. The zero-order valence-electron chi connectivity index (χ0n) is 37.1. The van der Waals surface area contributed by atoms with Crippen LogP contribution in [0.4, 0.5) is 28.8 Å². The summed E-state index contributed by atoms with van der Waals surface area (Å²) in [5.41, 5.74) is 5.59. The van der Waals surface area contributed by atoms with E-state index in [1.807, 2.05) is 42.5 Å². The van der Waals surface area contributed by atoms with Crippen LogP contribution >= 0.6 is 18.7 Å². The largest absolute Gasteiger partial charge is 0.494 e. The lowest BCUT2D eigenvalue weighted by Gasteiger charge is -2.41. The fraction of sp³-hybridized carbons (Fsp3) is 0.479. The zero-order chi connectivity index (χ0) is 44.8. The minimum Gasteiger partial charge on any atom is -0.494 e. The number of fused-ring (bicyclic) bond motifs is 1. The summed E-state index contributed by atoms with van der Waals surface area (Å²) >= 11 is 6.55. The molecule has 1 aromatic heterocycles. The molecule has 1 saturated carbocycles. The lowest BCUT2D eigenvalue weighted by Crippen LogP contribution is -2.52. The lowest BCUT2D eigenvalue weighted by molar-refractivity contribution is -0.136. The standard InChI is InChI=1S/C48H58ClN8O6P/c1-5-30-25-37(52-47-50-27-35(49)44(54-47)51-36-10-6-7-12-42(36)64(3,4)61)41(62-2)26-39(30)55-22-17-31(18-23-55)56-24-21-48(29-56)19-15-32(16-20-48)63-40-11-8-9-33-34(40)28-57(46(33)60)38-13-14-43(58)53-45(38)59/h6-12,25-27,31-32,38H,5,13-24,28-29H2,1-4H3,(H,53,58,59)(H2,50,51,52,54). The third-order valence-electron chi connectivity index (χ3n) is 14.1. The minimum atomic E-state index is -2.56. The summed E-state index contributed by atoms with van der Waals surface area (Å²) in [7, 11) is -0.879. The maximum Gasteiger partial charge on any atom is 0.255 e. The van der Waals surface area contributed by atoms with Crippen LogP contribution in [-0.2, 0) is 27.1 Å². The second-order valence-electron chi connectivity index (χ2n) is 18.5. The van der Waals surface area contributed by atoms with Gasteiger partial charge in [-0.15, -0.1) is 0 Å². The highest BCUT2D eigenvalue weighted by molar-refractivity contribution is 7.70. The van der Waals surface area contributed by atoms with Crippen molar-refractivity contribution in [1.82, 2.24) is 25.1 Å². The first-order valence-electron chi connectivity index (χ1n) is 22.7. The molecule has 5 aliphatic rings. The fourth-order valence-electron chi connectivity index (χ4n) is 10.6. The number of aryl methyl sites for hydroxylation is 1. The van der Waals surface area contributed by atoms with E-state index in [1.54, 1.807) is 31.5 Å². The Bertz CT molecular complexity index is 2500. The van der Waals surface area contributed by atoms with E-state index in [1.165, 1.54) is 17.7 Å². The molecule has 64 heavy (non-hydrogen) atoms. The molecule has 4 aromatic rings. The van der Waals surface area contributed by atoms with E-state index >= 15 is 0 Å². The van der Waals surface area contributed by atoms with Gasteiger partial charge in [-0.3, -0.25) is 24.6 Å². The van der Waals surface area contributed by atoms with Gasteiger partial charge in [0.15, 0.2) is 5.82 Å². The monoisotopic (exact) mass is 908 g/mol. The molecular weight excluding hydrogens is 851 g/mol. The van der Waals surface area contributed by atoms with Crippen molar-refractivity contribution in [3.05, 3.63) is 82.5 Å². The van der Waals surface area contributed by atoms with Crippen LogP contribution in [0.1, 0.15) is 86.2 Å². The number of aromatic nitrogens is 2. The van der Waals surface area contributed by atoms with Gasteiger partial charge in [0.2, 0.25) is 17.8 Å². The van der Waals surface area contributed by atoms with Crippen LogP contribution in [0.25, 0.3) is 0 Å². The third kappa shape index (κ3) is 8.93. The highest BCUT2D eigenvalue weighted by atomic mass is 35.5. The van der Waals surface area contributed by atoms with E-state index in [2.05, 4.69) is 49.8 Å². The molecule has 14 nitrogen and oxygen atoms in total. The van der Waals surface area contributed by atoms with Crippen molar-refractivity contribution in [1.29, 1.82) is 0 Å². The highest BCUT2D eigenvalue weighted by Crippen LogP contribution is 2.47. The van der Waals surface area contributed by atoms with Crippen molar-refractivity contribution in [2.75, 3.05) is 62.2 Å². The molecule has 3 N–H and O–H groups in total. The third-order valence-corrected chi connectivity index (χ3v) is 16.0. The second kappa shape index (κ2) is 18.0. The first-order chi connectivity index (χ1) is 30.8. The van der Waals surface area contributed by atoms with Crippen molar-refractivity contribution < 1.29 is 28.4 Å². The number of rotatable bonds is 12. The summed E-state index contributed by atoms with van der Waals surface area (Å²) in [6, 6.07) is 17.3. The number of amides is 3. The van der Waals surface area contributed by atoms with E-state index in [9.17, 15) is 18.9 Å². The van der Waals surface area contributed by atoms with Gasteiger partial charge in [0.1, 0.15) is 29.7 Å². The summed E-state index contributed by atoms with van der Waals surface area (Å²) in [6.07, 6.45) is 10.7. The second-order valence-corrected chi connectivity index (χ2v) is 22.1. The first kappa shape index (κ1) is 44.1. The number of hydrogen-bond acceptors (Lipinski definition) is 12. The number of carbonyl (C=O) groups is 3. The molecule has 1 spiro atoms. The van der Waals surface area contributed by atoms with Gasteiger partial charge < -0.3 is 34.5 Å². The molecule has 9 rings (SSSR count). The number of imide groups is 1. The van der Waals surface area contributed by atoms with Gasteiger partial charge in [0.05, 0.1) is 37.3 Å². The van der Waals surface area contributed by atoms with Crippen molar-refractivity contribution in [3.8, 4) is 11.5 Å². The van der Waals surface area contributed by atoms with Crippen molar-refractivity contribution in [2.24, 2.45) is 5.41 Å². The number of nitrogens with one attached hydrogen (secondary N) is 3. The number of halogens is 1. The summed E-state index contributed by atoms with van der Waals surface area (Å²) in [5, 5.41) is 10.1. The Morgan fingerprint density at radius 2 is 1.70 bits per heavy atom. The molecule has 3 saturated heterocycles. The molecule has 1 aliphatic carbocycles. The number of piperidine rings is 2. The molecule has 4 fully saturated rings. The number of anilines is 5. The Kier molecular flexibility index (Phi) is 12.4. The van der Waals surface area contributed by atoms with Crippen molar-refractivity contribution in [3.63, 3.8) is 0 Å². The Morgan fingerprint density at radius 3 is 2.44 bits per heavy atom. The average Bonchev–Trinajstić information content (AvgIpc) is 3.86. The summed E-state index contributed by atoms with van der Waals surface area (Å²) in [6.45, 7) is 10.2. The average molecular weight is 909 g/mol. The van der Waals surface area contributed by atoms with E-state index < -0.39 is 19.1 Å². The molecule has 16 heteroatoms. The van der Waals surface area contributed by atoms with Crippen LogP contribution in [0.2, 0.25) is 5.02 Å². The van der Waals surface area contributed by atoms with Crippen LogP contribution in [0.15, 0.2) is 60.8 Å². The topological polar surface area (TPSA) is 158 Å². The number of nitrogens with zero attached hydrogens (tertiary/aromatic N) is 5. The fourth-order valence-corrected chi connectivity index (χ4v) is 11.9. The molecule has 3 aromatic carbocycles.